The lowest BCUT2D eigenvalue weighted by atomic mass is 10.2. The lowest BCUT2D eigenvalue weighted by molar-refractivity contribution is -0.142. The molecule has 1 aliphatic heterocycles. The van der Waals surface area contributed by atoms with Crippen LogP contribution >= 0.6 is 0 Å². The number of amides is 1. The number of rotatable bonds is 3. The van der Waals surface area contributed by atoms with E-state index < -0.39 is 5.97 Å². The molecule has 5 heteroatoms. The number of ether oxygens (including phenoxy) is 1. The molecular weight excluding hydrogens is 186 g/mol. The van der Waals surface area contributed by atoms with Gasteiger partial charge < -0.3 is 14.7 Å². The molecule has 14 heavy (non-hydrogen) atoms. The number of hydrogen-bond acceptors (Lipinski definition) is 3. The van der Waals surface area contributed by atoms with E-state index in [9.17, 15) is 9.59 Å². The molecule has 0 unspecified atom stereocenters. The molecule has 0 saturated carbocycles. The summed E-state index contributed by atoms with van der Waals surface area (Å²) in [7, 11) is 0. The highest BCUT2D eigenvalue weighted by atomic mass is 16.5. The zero-order chi connectivity index (χ0) is 10.6. The van der Waals surface area contributed by atoms with Crippen LogP contribution in [0.15, 0.2) is 11.6 Å². The van der Waals surface area contributed by atoms with E-state index >= 15 is 0 Å². The summed E-state index contributed by atoms with van der Waals surface area (Å²) in [6, 6.07) is 0. The molecule has 5 nitrogen and oxygen atoms in total. The maximum absolute atomic E-state index is 11.2. The Morgan fingerprint density at radius 3 is 3.00 bits per heavy atom. The first-order chi connectivity index (χ1) is 6.59. The average Bonchev–Trinajstić information content (AvgIpc) is 2.07. The van der Waals surface area contributed by atoms with E-state index in [1.54, 1.807) is 11.8 Å². The number of aliphatic carboxylic acids is 1. The Hall–Kier alpha value is -1.36. The summed E-state index contributed by atoms with van der Waals surface area (Å²) >= 11 is 0. The van der Waals surface area contributed by atoms with Crippen LogP contribution in [0, 0.1) is 0 Å². The van der Waals surface area contributed by atoms with Gasteiger partial charge in [0.2, 0.25) is 5.91 Å². The van der Waals surface area contributed by atoms with Gasteiger partial charge in [-0.2, -0.15) is 0 Å². The Labute approximate surface area is 82.0 Å². The molecule has 0 aromatic carbocycles. The van der Waals surface area contributed by atoms with Crippen molar-refractivity contribution in [3.8, 4) is 0 Å². The van der Waals surface area contributed by atoms with E-state index in [0.717, 1.165) is 6.08 Å². The van der Waals surface area contributed by atoms with Crippen LogP contribution in [0.5, 0.6) is 0 Å². The van der Waals surface area contributed by atoms with Gasteiger partial charge in [-0.15, -0.1) is 0 Å². The molecule has 0 bridgehead atoms. The van der Waals surface area contributed by atoms with Gasteiger partial charge in [0, 0.05) is 19.2 Å². The predicted octanol–water partition coefficient (Wildman–Crippen LogP) is -0.124. The normalized spacial score (nSPS) is 18.5. The number of carboxylic acid groups (broad SMARTS) is 1. The van der Waals surface area contributed by atoms with Gasteiger partial charge in [-0.25, -0.2) is 4.79 Å². The minimum atomic E-state index is -0.983. The van der Waals surface area contributed by atoms with Crippen molar-refractivity contribution in [3.05, 3.63) is 11.6 Å². The van der Waals surface area contributed by atoms with Gasteiger partial charge in [0.15, 0.2) is 0 Å². The van der Waals surface area contributed by atoms with Gasteiger partial charge in [-0.05, 0) is 12.5 Å². The first-order valence-corrected chi connectivity index (χ1v) is 4.35. The van der Waals surface area contributed by atoms with Crippen LogP contribution < -0.4 is 0 Å². The van der Waals surface area contributed by atoms with E-state index in [-0.39, 0.29) is 12.5 Å². The van der Waals surface area contributed by atoms with Crippen LogP contribution in [0.2, 0.25) is 0 Å². The number of carboxylic acids is 1. The van der Waals surface area contributed by atoms with Crippen LogP contribution in [0.3, 0.4) is 0 Å². The lowest BCUT2D eigenvalue weighted by Crippen LogP contribution is -2.42. The number of carbonyl (C=O) groups is 2. The molecular formula is C9H13NO4. The molecule has 78 valence electrons. The van der Waals surface area contributed by atoms with Gasteiger partial charge in [-0.3, -0.25) is 4.79 Å². The Bertz CT molecular complexity index is 272. The SMILES string of the molecule is CC(=CC(=O)O)CN1CCOCC1=O. The maximum atomic E-state index is 11.2. The fourth-order valence-corrected chi connectivity index (χ4v) is 1.27. The first kappa shape index (κ1) is 10.7. The fraction of sp³-hybridized carbons (Fsp3) is 0.556. The van der Waals surface area contributed by atoms with Crippen LogP contribution in [0.25, 0.3) is 0 Å². The first-order valence-electron chi connectivity index (χ1n) is 4.35. The third-order valence-corrected chi connectivity index (χ3v) is 1.89. The van der Waals surface area contributed by atoms with Crippen LogP contribution in [0.4, 0.5) is 0 Å². The average molecular weight is 199 g/mol. The summed E-state index contributed by atoms with van der Waals surface area (Å²) in [6.45, 7) is 3.21. The van der Waals surface area contributed by atoms with Crippen LogP contribution in [-0.4, -0.2) is 48.2 Å². The number of hydrogen-bond donors (Lipinski definition) is 1. The van der Waals surface area contributed by atoms with Crippen molar-refractivity contribution in [3.63, 3.8) is 0 Å². The summed E-state index contributed by atoms with van der Waals surface area (Å²) in [5.74, 6) is -1.07. The van der Waals surface area contributed by atoms with E-state index in [1.165, 1.54) is 0 Å². The van der Waals surface area contributed by atoms with Crippen molar-refractivity contribution in [2.45, 2.75) is 6.92 Å². The Balaban J connectivity index is 2.50. The smallest absolute Gasteiger partial charge is 0.328 e. The molecule has 1 fully saturated rings. The second-order valence-corrected chi connectivity index (χ2v) is 3.20. The second-order valence-electron chi connectivity index (χ2n) is 3.20. The van der Waals surface area contributed by atoms with Crippen molar-refractivity contribution >= 4 is 11.9 Å². The van der Waals surface area contributed by atoms with Crippen LogP contribution in [-0.2, 0) is 14.3 Å². The largest absolute Gasteiger partial charge is 0.478 e. The zero-order valence-corrected chi connectivity index (χ0v) is 8.02. The molecule has 0 atom stereocenters. The molecule has 1 saturated heterocycles. The van der Waals surface area contributed by atoms with Crippen molar-refractivity contribution in [2.75, 3.05) is 26.3 Å². The summed E-state index contributed by atoms with van der Waals surface area (Å²) < 4.78 is 4.95. The van der Waals surface area contributed by atoms with E-state index in [0.29, 0.717) is 25.3 Å². The number of carbonyl (C=O) groups excluding carboxylic acids is 1. The van der Waals surface area contributed by atoms with E-state index in [1.807, 2.05) is 0 Å². The van der Waals surface area contributed by atoms with E-state index in [4.69, 9.17) is 9.84 Å². The third-order valence-electron chi connectivity index (χ3n) is 1.89. The Kier molecular flexibility index (Phi) is 3.64. The van der Waals surface area contributed by atoms with Crippen molar-refractivity contribution in [1.29, 1.82) is 0 Å². The molecule has 0 spiro atoms. The maximum Gasteiger partial charge on any atom is 0.328 e. The number of nitrogens with zero attached hydrogens (tertiary/aromatic N) is 1. The Morgan fingerprint density at radius 2 is 2.43 bits per heavy atom. The van der Waals surface area contributed by atoms with Gasteiger partial charge in [-0.1, -0.05) is 0 Å². The monoisotopic (exact) mass is 199 g/mol. The van der Waals surface area contributed by atoms with Gasteiger partial charge >= 0.3 is 5.97 Å². The Morgan fingerprint density at radius 1 is 1.71 bits per heavy atom. The molecule has 0 aromatic heterocycles. The molecule has 1 heterocycles. The van der Waals surface area contributed by atoms with E-state index in [2.05, 4.69) is 0 Å². The molecule has 0 radical (unpaired) electrons. The second kappa shape index (κ2) is 4.76. The van der Waals surface area contributed by atoms with Crippen molar-refractivity contribution in [2.24, 2.45) is 0 Å². The summed E-state index contributed by atoms with van der Waals surface area (Å²) in [4.78, 5) is 23.2. The van der Waals surface area contributed by atoms with Gasteiger partial charge in [0.25, 0.3) is 0 Å². The molecule has 1 rings (SSSR count). The van der Waals surface area contributed by atoms with Crippen molar-refractivity contribution < 1.29 is 19.4 Å². The highest BCUT2D eigenvalue weighted by Gasteiger charge is 2.18. The highest BCUT2D eigenvalue weighted by Crippen LogP contribution is 2.03. The standard InChI is InChI=1S/C9H13NO4/c1-7(4-9(12)13)5-10-2-3-14-6-8(10)11/h4H,2-3,5-6H2,1H3,(H,12,13). The minimum Gasteiger partial charge on any atom is -0.478 e. The highest BCUT2D eigenvalue weighted by molar-refractivity contribution is 5.81. The summed E-state index contributed by atoms with van der Waals surface area (Å²) in [5, 5.41) is 8.47. The summed E-state index contributed by atoms with van der Waals surface area (Å²) in [5.41, 5.74) is 0.660. The van der Waals surface area contributed by atoms with Crippen molar-refractivity contribution in [1.82, 2.24) is 4.90 Å². The van der Waals surface area contributed by atoms with Gasteiger partial charge in [0.05, 0.1) is 6.61 Å². The fourth-order valence-electron chi connectivity index (χ4n) is 1.27. The third kappa shape index (κ3) is 3.18. The molecule has 0 aromatic rings. The molecule has 1 amide bonds. The predicted molar refractivity (Wildman–Crippen MR) is 48.8 cm³/mol. The molecule has 0 aliphatic carbocycles. The zero-order valence-electron chi connectivity index (χ0n) is 8.02. The van der Waals surface area contributed by atoms with Crippen LogP contribution in [0.1, 0.15) is 6.92 Å². The lowest BCUT2D eigenvalue weighted by Gasteiger charge is -2.26. The molecule has 1 N–H and O–H groups in total. The quantitative estimate of drug-likeness (QED) is 0.643. The van der Waals surface area contributed by atoms with Gasteiger partial charge in [0.1, 0.15) is 6.61 Å². The number of morpholine rings is 1. The topological polar surface area (TPSA) is 66.8 Å². The molecule has 1 aliphatic rings. The minimum absolute atomic E-state index is 0.0885. The summed E-state index contributed by atoms with van der Waals surface area (Å²) in [6.07, 6.45) is 1.11.